The van der Waals surface area contributed by atoms with Crippen molar-refractivity contribution in [3.63, 3.8) is 0 Å². The highest BCUT2D eigenvalue weighted by atomic mass is 16.2. The van der Waals surface area contributed by atoms with E-state index >= 15 is 0 Å². The Morgan fingerprint density at radius 2 is 2.35 bits per heavy atom. The van der Waals surface area contributed by atoms with Crippen LogP contribution in [-0.2, 0) is 6.42 Å². The number of nitrogens with zero attached hydrogens (tertiary/aromatic N) is 1. The molecule has 0 radical (unpaired) electrons. The van der Waals surface area contributed by atoms with E-state index in [1.165, 1.54) is 0 Å². The quantitative estimate of drug-likeness (QED) is 0.749. The minimum Gasteiger partial charge on any atom is -0.348 e. The summed E-state index contributed by atoms with van der Waals surface area (Å²) in [6, 6.07) is 6.15. The summed E-state index contributed by atoms with van der Waals surface area (Å²) in [5.41, 5.74) is 3.10. The normalized spacial score (nSPS) is 22.8. The molecule has 0 aliphatic carbocycles. The monoisotopic (exact) mass is 231 g/mol. The largest absolute Gasteiger partial charge is 0.348 e. The van der Waals surface area contributed by atoms with E-state index in [9.17, 15) is 4.79 Å². The second-order valence-electron chi connectivity index (χ2n) is 4.55. The molecule has 4 nitrogen and oxygen atoms in total. The average Bonchev–Trinajstić information content (AvgIpc) is 2.38. The van der Waals surface area contributed by atoms with Crippen molar-refractivity contribution in [2.75, 3.05) is 24.5 Å². The Bertz CT molecular complexity index is 458. The summed E-state index contributed by atoms with van der Waals surface area (Å²) in [4.78, 5) is 14.5. The maximum Gasteiger partial charge on any atom is 0.255 e. The zero-order valence-electron chi connectivity index (χ0n) is 9.99. The number of fused-ring (bicyclic) bond motifs is 3. The van der Waals surface area contributed by atoms with Crippen LogP contribution in [0.5, 0.6) is 0 Å². The SMILES string of the molecule is CCc1cccc2c1C(=O)N[C@@H]1CNCCN21. The Kier molecular flexibility index (Phi) is 2.52. The standard InChI is InChI=1S/C13H17N3O/c1-2-9-4-3-5-10-12(9)13(17)15-11-8-14-6-7-16(10)11/h3-5,11,14H,2,6-8H2,1H3,(H,15,17)/t11-/m0/s1. The van der Waals surface area contributed by atoms with Crippen LogP contribution in [0, 0.1) is 0 Å². The number of rotatable bonds is 1. The Morgan fingerprint density at radius 1 is 1.47 bits per heavy atom. The Labute approximate surface area is 101 Å². The lowest BCUT2D eigenvalue weighted by atomic mass is 9.98. The van der Waals surface area contributed by atoms with Crippen molar-refractivity contribution >= 4 is 11.6 Å². The van der Waals surface area contributed by atoms with E-state index < -0.39 is 0 Å². The van der Waals surface area contributed by atoms with E-state index in [4.69, 9.17) is 0 Å². The van der Waals surface area contributed by atoms with Crippen LogP contribution in [0.2, 0.25) is 0 Å². The van der Waals surface area contributed by atoms with Gasteiger partial charge in [0.1, 0.15) is 6.17 Å². The Morgan fingerprint density at radius 3 is 3.18 bits per heavy atom. The molecule has 1 aromatic carbocycles. The van der Waals surface area contributed by atoms with Gasteiger partial charge >= 0.3 is 0 Å². The molecule has 0 aromatic heterocycles. The molecule has 2 N–H and O–H groups in total. The number of hydrogen-bond acceptors (Lipinski definition) is 3. The first-order valence-electron chi connectivity index (χ1n) is 6.21. The lowest BCUT2D eigenvalue weighted by molar-refractivity contribution is 0.0922. The molecule has 1 amide bonds. The maximum atomic E-state index is 12.2. The fourth-order valence-electron chi connectivity index (χ4n) is 2.73. The second kappa shape index (κ2) is 4.04. The van der Waals surface area contributed by atoms with Gasteiger partial charge in [-0.05, 0) is 18.1 Å². The Hall–Kier alpha value is -1.55. The van der Waals surface area contributed by atoms with Crippen molar-refractivity contribution < 1.29 is 4.79 Å². The third kappa shape index (κ3) is 1.60. The molecule has 2 heterocycles. The summed E-state index contributed by atoms with van der Waals surface area (Å²) in [5, 5.41) is 6.38. The van der Waals surface area contributed by atoms with Crippen LogP contribution >= 0.6 is 0 Å². The molecule has 1 fully saturated rings. The van der Waals surface area contributed by atoms with Gasteiger partial charge in [0.2, 0.25) is 0 Å². The first-order chi connectivity index (χ1) is 8.31. The second-order valence-corrected chi connectivity index (χ2v) is 4.55. The number of amides is 1. The lowest BCUT2D eigenvalue weighted by Crippen LogP contribution is -2.62. The van der Waals surface area contributed by atoms with Crippen LogP contribution in [0.25, 0.3) is 0 Å². The molecular formula is C13H17N3O. The molecule has 0 saturated carbocycles. The van der Waals surface area contributed by atoms with Crippen LogP contribution in [0.3, 0.4) is 0 Å². The first kappa shape index (κ1) is 10.6. The molecule has 0 spiro atoms. The predicted molar refractivity (Wildman–Crippen MR) is 67.3 cm³/mol. The van der Waals surface area contributed by atoms with Gasteiger partial charge in [0.05, 0.1) is 11.3 Å². The summed E-state index contributed by atoms with van der Waals surface area (Å²) in [5.74, 6) is 0.0717. The number of nitrogens with one attached hydrogen (secondary N) is 2. The van der Waals surface area contributed by atoms with E-state index in [1.807, 2.05) is 6.07 Å². The third-order valence-corrected chi connectivity index (χ3v) is 3.59. The zero-order valence-corrected chi connectivity index (χ0v) is 9.99. The zero-order chi connectivity index (χ0) is 11.8. The number of aryl methyl sites for hydroxylation is 1. The van der Waals surface area contributed by atoms with Gasteiger partial charge in [-0.15, -0.1) is 0 Å². The average molecular weight is 231 g/mol. The highest BCUT2D eigenvalue weighted by molar-refractivity contribution is 6.03. The Balaban J connectivity index is 2.10. The molecule has 1 aromatic rings. The van der Waals surface area contributed by atoms with Gasteiger partial charge in [0.25, 0.3) is 5.91 Å². The molecule has 1 atom stereocenters. The van der Waals surface area contributed by atoms with Gasteiger partial charge in [0.15, 0.2) is 0 Å². The third-order valence-electron chi connectivity index (χ3n) is 3.59. The summed E-state index contributed by atoms with van der Waals surface area (Å²) >= 11 is 0. The van der Waals surface area contributed by atoms with Gasteiger partial charge in [-0.3, -0.25) is 4.79 Å². The molecule has 0 unspecified atom stereocenters. The van der Waals surface area contributed by atoms with Gasteiger partial charge < -0.3 is 15.5 Å². The molecule has 2 aliphatic rings. The highest BCUT2D eigenvalue weighted by Crippen LogP contribution is 2.29. The molecule has 4 heteroatoms. The highest BCUT2D eigenvalue weighted by Gasteiger charge is 2.33. The topological polar surface area (TPSA) is 44.4 Å². The molecular weight excluding hydrogens is 214 g/mol. The summed E-state index contributed by atoms with van der Waals surface area (Å²) in [7, 11) is 0. The smallest absolute Gasteiger partial charge is 0.255 e. The van der Waals surface area contributed by atoms with E-state index in [-0.39, 0.29) is 12.1 Å². The fourth-order valence-corrected chi connectivity index (χ4v) is 2.73. The van der Waals surface area contributed by atoms with Crippen molar-refractivity contribution in [2.45, 2.75) is 19.5 Å². The van der Waals surface area contributed by atoms with Crippen LogP contribution in [0.4, 0.5) is 5.69 Å². The summed E-state index contributed by atoms with van der Waals surface area (Å²) in [6.07, 6.45) is 1.00. The summed E-state index contributed by atoms with van der Waals surface area (Å²) in [6.45, 7) is 4.83. The van der Waals surface area contributed by atoms with Crippen molar-refractivity contribution in [3.05, 3.63) is 29.3 Å². The van der Waals surface area contributed by atoms with Gasteiger partial charge in [-0.1, -0.05) is 19.1 Å². The van der Waals surface area contributed by atoms with Crippen molar-refractivity contribution in [1.29, 1.82) is 0 Å². The van der Waals surface area contributed by atoms with E-state index in [2.05, 4.69) is 34.6 Å². The summed E-state index contributed by atoms with van der Waals surface area (Å²) < 4.78 is 0. The van der Waals surface area contributed by atoms with Gasteiger partial charge in [0, 0.05) is 19.6 Å². The minimum atomic E-state index is 0.0717. The molecule has 90 valence electrons. The maximum absolute atomic E-state index is 12.2. The molecule has 2 aliphatic heterocycles. The number of hydrogen-bond donors (Lipinski definition) is 2. The fraction of sp³-hybridized carbons (Fsp3) is 0.462. The first-order valence-corrected chi connectivity index (χ1v) is 6.21. The minimum absolute atomic E-state index is 0.0717. The van der Waals surface area contributed by atoms with Crippen LogP contribution in [0.1, 0.15) is 22.8 Å². The van der Waals surface area contributed by atoms with E-state index in [0.29, 0.717) is 0 Å². The van der Waals surface area contributed by atoms with E-state index in [0.717, 1.165) is 42.9 Å². The lowest BCUT2D eigenvalue weighted by Gasteiger charge is -2.42. The van der Waals surface area contributed by atoms with Gasteiger partial charge in [-0.25, -0.2) is 0 Å². The van der Waals surface area contributed by atoms with Crippen LogP contribution in [-0.4, -0.2) is 31.7 Å². The number of carbonyl (C=O) groups is 1. The number of anilines is 1. The van der Waals surface area contributed by atoms with Crippen molar-refractivity contribution in [3.8, 4) is 0 Å². The van der Waals surface area contributed by atoms with Crippen molar-refractivity contribution in [1.82, 2.24) is 10.6 Å². The molecule has 1 saturated heterocycles. The molecule has 0 bridgehead atoms. The molecule has 17 heavy (non-hydrogen) atoms. The van der Waals surface area contributed by atoms with Crippen molar-refractivity contribution in [2.24, 2.45) is 0 Å². The van der Waals surface area contributed by atoms with Crippen LogP contribution < -0.4 is 15.5 Å². The number of benzene rings is 1. The number of carbonyl (C=O) groups excluding carboxylic acids is 1. The number of piperazine rings is 1. The predicted octanol–water partition coefficient (Wildman–Crippen LogP) is 0.728. The van der Waals surface area contributed by atoms with Gasteiger partial charge in [-0.2, -0.15) is 0 Å². The van der Waals surface area contributed by atoms with E-state index in [1.54, 1.807) is 0 Å². The van der Waals surface area contributed by atoms with Crippen LogP contribution in [0.15, 0.2) is 18.2 Å². The molecule has 3 rings (SSSR count).